The second-order valence-corrected chi connectivity index (χ2v) is 5.50. The Bertz CT molecular complexity index is 884. The molecule has 0 spiro atoms. The molecule has 1 aliphatic heterocycles. The van der Waals surface area contributed by atoms with E-state index in [0.717, 1.165) is 27.4 Å². The molecule has 3 N–H and O–H groups in total. The predicted octanol–water partition coefficient (Wildman–Crippen LogP) is -0.129. The number of phenols is 3. The molecule has 0 fully saturated rings. The van der Waals surface area contributed by atoms with Crippen LogP contribution in [0.2, 0.25) is 0 Å². The molecule has 0 saturated carbocycles. The summed E-state index contributed by atoms with van der Waals surface area (Å²) in [5.74, 6) is -8.89. The highest BCUT2D eigenvalue weighted by atomic mass is 16.6. The van der Waals surface area contributed by atoms with Gasteiger partial charge in [-0.05, 0) is 6.07 Å². The second-order valence-electron chi connectivity index (χ2n) is 5.50. The topological polar surface area (TPSA) is 166 Å². The number of cyclic esters (lactones) is 1. The van der Waals surface area contributed by atoms with Crippen molar-refractivity contribution in [1.29, 1.82) is 0 Å². The van der Waals surface area contributed by atoms with E-state index in [4.69, 9.17) is 4.74 Å². The number of aromatic hydroxyl groups is 3. The maximum absolute atomic E-state index is 12.2. The van der Waals surface area contributed by atoms with E-state index in [1.54, 1.807) is 0 Å². The van der Waals surface area contributed by atoms with Gasteiger partial charge in [0.15, 0.2) is 11.5 Å². The summed E-state index contributed by atoms with van der Waals surface area (Å²) in [7, 11) is 2.99. The van der Waals surface area contributed by atoms with E-state index in [1.807, 2.05) is 0 Å². The highest BCUT2D eigenvalue weighted by Crippen LogP contribution is 2.47. The SMILES string of the molecule is COC(=O)C1=CC(=O)OC(C(=O)OC)C1c1c(C(=O)OC)cc(O)c(O)c1O. The molecular formula is C17H16O11. The largest absolute Gasteiger partial charge is 0.504 e. The zero-order chi connectivity index (χ0) is 21.2. The highest BCUT2D eigenvalue weighted by Gasteiger charge is 2.46. The van der Waals surface area contributed by atoms with Crippen LogP contribution in [0.1, 0.15) is 21.8 Å². The van der Waals surface area contributed by atoms with Gasteiger partial charge in [0.2, 0.25) is 11.9 Å². The Labute approximate surface area is 157 Å². The van der Waals surface area contributed by atoms with Crippen LogP contribution in [0.25, 0.3) is 0 Å². The Hall–Kier alpha value is -3.76. The summed E-state index contributed by atoms with van der Waals surface area (Å²) in [6, 6.07) is 0.760. The van der Waals surface area contributed by atoms with Crippen LogP contribution in [0.5, 0.6) is 17.2 Å². The van der Waals surface area contributed by atoms with Gasteiger partial charge in [-0.2, -0.15) is 0 Å². The molecular weight excluding hydrogens is 380 g/mol. The highest BCUT2D eigenvalue weighted by molar-refractivity contribution is 6.03. The number of methoxy groups -OCH3 is 3. The van der Waals surface area contributed by atoms with Crippen molar-refractivity contribution in [1.82, 2.24) is 0 Å². The fourth-order valence-electron chi connectivity index (χ4n) is 2.77. The van der Waals surface area contributed by atoms with Crippen molar-refractivity contribution < 1.29 is 53.4 Å². The minimum absolute atomic E-state index is 0.459. The summed E-state index contributed by atoms with van der Waals surface area (Å²) in [5, 5.41) is 30.0. The molecule has 0 bridgehead atoms. The number of hydrogen-bond acceptors (Lipinski definition) is 11. The number of esters is 4. The van der Waals surface area contributed by atoms with Crippen molar-refractivity contribution in [3.05, 3.63) is 28.8 Å². The molecule has 1 aromatic carbocycles. The molecule has 28 heavy (non-hydrogen) atoms. The second kappa shape index (κ2) is 7.86. The van der Waals surface area contributed by atoms with E-state index >= 15 is 0 Å². The van der Waals surface area contributed by atoms with Crippen molar-refractivity contribution >= 4 is 23.9 Å². The third-order valence-corrected chi connectivity index (χ3v) is 4.02. The third-order valence-electron chi connectivity index (χ3n) is 4.02. The van der Waals surface area contributed by atoms with Gasteiger partial charge in [0.1, 0.15) is 0 Å². The first-order valence-electron chi connectivity index (χ1n) is 7.62. The number of hydrogen-bond donors (Lipinski definition) is 3. The van der Waals surface area contributed by atoms with E-state index in [2.05, 4.69) is 14.2 Å². The normalized spacial score (nSPS) is 18.5. The molecule has 1 aromatic rings. The number of carbonyl (C=O) groups is 4. The number of benzene rings is 1. The maximum Gasteiger partial charge on any atom is 0.348 e. The van der Waals surface area contributed by atoms with Gasteiger partial charge in [-0.3, -0.25) is 0 Å². The Morgan fingerprint density at radius 2 is 1.57 bits per heavy atom. The predicted molar refractivity (Wildman–Crippen MR) is 87.5 cm³/mol. The van der Waals surface area contributed by atoms with Gasteiger partial charge >= 0.3 is 23.9 Å². The molecule has 2 atom stereocenters. The summed E-state index contributed by atoms with van der Waals surface area (Å²) >= 11 is 0. The van der Waals surface area contributed by atoms with Crippen molar-refractivity contribution in [3.8, 4) is 17.2 Å². The maximum atomic E-state index is 12.2. The molecule has 2 unspecified atom stereocenters. The Morgan fingerprint density at radius 3 is 2.11 bits per heavy atom. The number of ether oxygens (including phenoxy) is 4. The lowest BCUT2D eigenvalue weighted by molar-refractivity contribution is -0.166. The molecule has 0 aromatic heterocycles. The first-order valence-corrected chi connectivity index (χ1v) is 7.62. The minimum Gasteiger partial charge on any atom is -0.504 e. The Balaban J connectivity index is 2.88. The first-order chi connectivity index (χ1) is 13.2. The lowest BCUT2D eigenvalue weighted by atomic mass is 9.81. The van der Waals surface area contributed by atoms with Crippen LogP contribution >= 0.6 is 0 Å². The summed E-state index contributed by atoms with van der Waals surface area (Å²) in [6.07, 6.45) is -1.10. The van der Waals surface area contributed by atoms with Crippen molar-refractivity contribution in [3.63, 3.8) is 0 Å². The smallest absolute Gasteiger partial charge is 0.348 e. The fourth-order valence-corrected chi connectivity index (χ4v) is 2.77. The van der Waals surface area contributed by atoms with E-state index in [0.29, 0.717) is 6.08 Å². The molecule has 150 valence electrons. The summed E-state index contributed by atoms with van der Waals surface area (Å²) in [4.78, 5) is 48.4. The molecule has 0 aliphatic carbocycles. The van der Waals surface area contributed by atoms with Crippen LogP contribution in [-0.2, 0) is 33.3 Å². The average molecular weight is 396 g/mol. The molecule has 1 heterocycles. The summed E-state index contributed by atoms with van der Waals surface area (Å²) in [5.41, 5.74) is -1.47. The van der Waals surface area contributed by atoms with Gasteiger partial charge in [-0.15, -0.1) is 0 Å². The minimum atomic E-state index is -1.81. The zero-order valence-electron chi connectivity index (χ0n) is 14.9. The monoisotopic (exact) mass is 396 g/mol. The molecule has 2 rings (SSSR count). The number of carbonyl (C=O) groups excluding carboxylic acids is 4. The Kier molecular flexibility index (Phi) is 5.77. The average Bonchev–Trinajstić information content (AvgIpc) is 2.69. The zero-order valence-corrected chi connectivity index (χ0v) is 14.9. The van der Waals surface area contributed by atoms with Crippen molar-refractivity contribution in [2.75, 3.05) is 21.3 Å². The van der Waals surface area contributed by atoms with Gasteiger partial charge in [0.25, 0.3) is 0 Å². The van der Waals surface area contributed by atoms with E-state index in [9.17, 15) is 34.5 Å². The van der Waals surface area contributed by atoms with Gasteiger partial charge in [0, 0.05) is 11.6 Å². The van der Waals surface area contributed by atoms with Crippen LogP contribution < -0.4 is 0 Å². The van der Waals surface area contributed by atoms with Gasteiger partial charge < -0.3 is 34.3 Å². The number of rotatable bonds is 4. The van der Waals surface area contributed by atoms with Crippen LogP contribution in [0.15, 0.2) is 17.7 Å². The van der Waals surface area contributed by atoms with E-state index in [-0.39, 0.29) is 0 Å². The van der Waals surface area contributed by atoms with Gasteiger partial charge in [-0.25, -0.2) is 19.2 Å². The lowest BCUT2D eigenvalue weighted by Crippen LogP contribution is -2.40. The van der Waals surface area contributed by atoms with Crippen LogP contribution in [0, 0.1) is 0 Å². The third kappa shape index (κ3) is 3.41. The molecule has 0 radical (unpaired) electrons. The van der Waals surface area contributed by atoms with Gasteiger partial charge in [0.05, 0.1) is 38.4 Å². The lowest BCUT2D eigenvalue weighted by Gasteiger charge is -2.31. The summed E-state index contributed by atoms with van der Waals surface area (Å²) in [6.45, 7) is 0. The summed E-state index contributed by atoms with van der Waals surface area (Å²) < 4.78 is 18.7. The fraction of sp³-hybridized carbons (Fsp3) is 0.294. The van der Waals surface area contributed by atoms with Crippen LogP contribution in [0.3, 0.4) is 0 Å². The Morgan fingerprint density at radius 1 is 0.964 bits per heavy atom. The molecule has 11 nitrogen and oxygen atoms in total. The van der Waals surface area contributed by atoms with Crippen LogP contribution in [-0.4, -0.2) is 66.6 Å². The van der Waals surface area contributed by atoms with Gasteiger partial charge in [-0.1, -0.05) is 0 Å². The first kappa shape index (κ1) is 20.6. The number of phenolic OH excluding ortho intramolecular Hbond substituents is 3. The molecule has 0 saturated heterocycles. The standard InChI is InChI=1S/C17H16O11/c1-25-15(22)6-4-8(18)12(20)13(21)10(6)11-7(16(23)26-2)5-9(19)28-14(11)17(24)27-3/h4-5,11,14,18,20-21H,1-3H3. The van der Waals surface area contributed by atoms with E-state index in [1.165, 1.54) is 0 Å². The van der Waals surface area contributed by atoms with Crippen molar-refractivity contribution in [2.45, 2.75) is 12.0 Å². The quantitative estimate of drug-likeness (QED) is 0.352. The molecule has 11 heteroatoms. The molecule has 1 aliphatic rings. The van der Waals surface area contributed by atoms with Crippen LogP contribution in [0.4, 0.5) is 0 Å². The molecule has 0 amide bonds. The van der Waals surface area contributed by atoms with E-state index < -0.39 is 69.8 Å². The van der Waals surface area contributed by atoms with Crippen molar-refractivity contribution in [2.24, 2.45) is 0 Å².